The Morgan fingerprint density at radius 3 is 2.68 bits per heavy atom. The number of aromatic nitrogens is 4. The van der Waals surface area contributed by atoms with Gasteiger partial charge < -0.3 is 24.8 Å². The molecule has 2 N–H and O–H groups in total. The van der Waals surface area contributed by atoms with E-state index in [4.69, 9.17) is 16.3 Å². The number of benzene rings is 2. The van der Waals surface area contributed by atoms with E-state index in [0.29, 0.717) is 55.6 Å². The minimum Gasteiger partial charge on any atom is -0.493 e. The molecule has 214 valence electrons. The third kappa shape index (κ3) is 5.10. The SMILES string of the molecule is Cc1c(N2CCNCC2)c(=O)n2nc(-c3ccc4c(c3)CCO4)nc2n1CC(=O)Nc1ccc(C(F)(F)F)cc1Cl. The largest absolute Gasteiger partial charge is 0.493 e. The van der Waals surface area contributed by atoms with Gasteiger partial charge in [0.2, 0.25) is 11.7 Å². The average molecular weight is 588 g/mol. The number of amides is 1. The molecule has 14 heteroatoms. The molecule has 0 atom stereocenters. The molecule has 41 heavy (non-hydrogen) atoms. The van der Waals surface area contributed by atoms with Crippen molar-refractivity contribution in [3.05, 3.63) is 68.6 Å². The van der Waals surface area contributed by atoms with Gasteiger partial charge in [-0.2, -0.15) is 22.7 Å². The van der Waals surface area contributed by atoms with Gasteiger partial charge in [-0.25, -0.2) is 0 Å². The van der Waals surface area contributed by atoms with E-state index in [9.17, 15) is 22.8 Å². The van der Waals surface area contributed by atoms with Crippen LogP contribution in [0.2, 0.25) is 5.02 Å². The van der Waals surface area contributed by atoms with E-state index in [1.54, 1.807) is 11.5 Å². The first-order valence-corrected chi connectivity index (χ1v) is 13.4. The van der Waals surface area contributed by atoms with Crippen molar-refractivity contribution < 1.29 is 22.7 Å². The highest BCUT2D eigenvalue weighted by atomic mass is 35.5. The lowest BCUT2D eigenvalue weighted by Crippen LogP contribution is -2.46. The molecular formula is C27H25ClF3N7O3. The molecule has 4 heterocycles. The smallest absolute Gasteiger partial charge is 0.416 e. The lowest BCUT2D eigenvalue weighted by molar-refractivity contribution is -0.137. The topological polar surface area (TPSA) is 106 Å². The van der Waals surface area contributed by atoms with Gasteiger partial charge in [0.1, 0.15) is 18.0 Å². The van der Waals surface area contributed by atoms with Gasteiger partial charge in [0, 0.05) is 43.9 Å². The van der Waals surface area contributed by atoms with Crippen molar-refractivity contribution in [2.45, 2.75) is 26.1 Å². The fourth-order valence-corrected chi connectivity index (χ4v) is 5.39. The number of fused-ring (bicyclic) bond motifs is 2. The minimum atomic E-state index is -4.57. The zero-order chi connectivity index (χ0) is 28.9. The van der Waals surface area contributed by atoms with Crippen LogP contribution in [0, 0.1) is 6.92 Å². The molecule has 1 amide bonds. The Hall–Kier alpha value is -4.10. The monoisotopic (exact) mass is 587 g/mol. The van der Waals surface area contributed by atoms with Crippen LogP contribution < -0.4 is 25.8 Å². The Morgan fingerprint density at radius 2 is 1.95 bits per heavy atom. The van der Waals surface area contributed by atoms with Crippen LogP contribution in [0.5, 0.6) is 5.75 Å². The Morgan fingerprint density at radius 1 is 1.17 bits per heavy atom. The molecule has 2 aromatic carbocycles. The normalized spacial score (nSPS) is 15.2. The van der Waals surface area contributed by atoms with Crippen molar-refractivity contribution in [3.63, 3.8) is 0 Å². The van der Waals surface area contributed by atoms with Crippen molar-refractivity contribution in [1.29, 1.82) is 0 Å². The highest BCUT2D eigenvalue weighted by Crippen LogP contribution is 2.34. The summed E-state index contributed by atoms with van der Waals surface area (Å²) >= 11 is 6.06. The number of hydrogen-bond donors (Lipinski definition) is 2. The zero-order valence-corrected chi connectivity index (χ0v) is 22.6. The average Bonchev–Trinajstić information content (AvgIpc) is 3.60. The van der Waals surface area contributed by atoms with Gasteiger partial charge in [-0.1, -0.05) is 11.6 Å². The first kappa shape index (κ1) is 27.1. The molecule has 1 saturated heterocycles. The quantitative estimate of drug-likeness (QED) is 0.368. The van der Waals surface area contributed by atoms with Gasteiger partial charge in [0.15, 0.2) is 5.82 Å². The summed E-state index contributed by atoms with van der Waals surface area (Å²) < 4.78 is 47.5. The second-order valence-corrected chi connectivity index (χ2v) is 10.3. The van der Waals surface area contributed by atoms with Crippen molar-refractivity contribution >= 4 is 34.7 Å². The summed E-state index contributed by atoms with van der Waals surface area (Å²) in [7, 11) is 0. The van der Waals surface area contributed by atoms with Crippen LogP contribution in [0.15, 0.2) is 41.2 Å². The van der Waals surface area contributed by atoms with Crippen molar-refractivity contribution in [2.24, 2.45) is 0 Å². The minimum absolute atomic E-state index is 0.0317. The van der Waals surface area contributed by atoms with E-state index < -0.39 is 17.6 Å². The summed E-state index contributed by atoms with van der Waals surface area (Å²) in [6.07, 6.45) is -3.81. The van der Waals surface area contributed by atoms with Crippen LogP contribution in [0.25, 0.3) is 17.2 Å². The first-order valence-electron chi connectivity index (χ1n) is 13.0. The molecule has 0 bridgehead atoms. The number of anilines is 2. The van der Waals surface area contributed by atoms with Crippen LogP contribution in [0.4, 0.5) is 24.5 Å². The van der Waals surface area contributed by atoms with E-state index in [0.717, 1.165) is 35.9 Å². The van der Waals surface area contributed by atoms with Crippen molar-refractivity contribution in [2.75, 3.05) is 43.0 Å². The lowest BCUT2D eigenvalue weighted by atomic mass is 10.1. The number of piperazine rings is 1. The summed E-state index contributed by atoms with van der Waals surface area (Å²) in [4.78, 5) is 33.5. The summed E-state index contributed by atoms with van der Waals surface area (Å²) in [5.74, 6) is 0.707. The summed E-state index contributed by atoms with van der Waals surface area (Å²) in [6.45, 7) is 4.57. The van der Waals surface area contributed by atoms with Crippen LogP contribution in [0.3, 0.4) is 0 Å². The highest BCUT2D eigenvalue weighted by Gasteiger charge is 2.31. The number of nitrogens with one attached hydrogen (secondary N) is 2. The number of hydrogen-bond acceptors (Lipinski definition) is 7. The molecule has 10 nitrogen and oxygen atoms in total. The van der Waals surface area contributed by atoms with Gasteiger partial charge in [0.25, 0.3) is 5.56 Å². The Labute approximate surface area is 236 Å². The molecule has 1 fully saturated rings. The molecule has 2 aliphatic rings. The fraction of sp³-hybridized carbons (Fsp3) is 0.333. The standard InChI is InChI=1S/C27H25ClF3N7O3/c1-15-23(36-9-7-32-8-10-36)25(40)38-26(34-24(35-38)17-2-5-21-16(12-17)6-11-41-21)37(15)14-22(39)33-20-4-3-18(13-19(20)28)27(29,30)31/h2-5,12-13,32H,6-11,14H2,1H3,(H,33,39). The number of nitrogens with zero attached hydrogens (tertiary/aromatic N) is 5. The van der Waals surface area contributed by atoms with Gasteiger partial charge >= 0.3 is 6.18 Å². The van der Waals surface area contributed by atoms with Gasteiger partial charge in [-0.05, 0) is 48.9 Å². The van der Waals surface area contributed by atoms with Gasteiger partial charge in [-0.3, -0.25) is 9.59 Å². The molecule has 0 unspecified atom stereocenters. The van der Waals surface area contributed by atoms with Crippen LogP contribution in [-0.4, -0.2) is 57.9 Å². The molecule has 2 aliphatic heterocycles. The van der Waals surface area contributed by atoms with Crippen LogP contribution >= 0.6 is 11.6 Å². The molecule has 0 spiro atoms. The number of alkyl halides is 3. The molecule has 2 aromatic heterocycles. The highest BCUT2D eigenvalue weighted by molar-refractivity contribution is 6.33. The summed E-state index contributed by atoms with van der Waals surface area (Å²) in [5, 5.41) is 10.1. The predicted molar refractivity (Wildman–Crippen MR) is 147 cm³/mol. The fourth-order valence-electron chi connectivity index (χ4n) is 5.16. The zero-order valence-electron chi connectivity index (χ0n) is 21.9. The predicted octanol–water partition coefficient (Wildman–Crippen LogP) is 3.52. The molecular weight excluding hydrogens is 563 g/mol. The number of rotatable bonds is 5. The van der Waals surface area contributed by atoms with E-state index in [-0.39, 0.29) is 28.6 Å². The Balaban J connectivity index is 1.40. The van der Waals surface area contributed by atoms with Crippen LogP contribution in [-0.2, 0) is 23.9 Å². The lowest BCUT2D eigenvalue weighted by Gasteiger charge is -2.30. The van der Waals surface area contributed by atoms with Crippen LogP contribution in [0.1, 0.15) is 16.8 Å². The maximum absolute atomic E-state index is 13.7. The van der Waals surface area contributed by atoms with E-state index >= 15 is 0 Å². The van der Waals surface area contributed by atoms with Gasteiger partial charge in [-0.15, -0.1) is 5.10 Å². The summed E-state index contributed by atoms with van der Waals surface area (Å²) in [5.41, 5.74) is 1.38. The number of halogens is 4. The molecule has 0 saturated carbocycles. The molecule has 4 aromatic rings. The summed E-state index contributed by atoms with van der Waals surface area (Å²) in [6, 6.07) is 8.30. The third-order valence-corrected chi connectivity index (χ3v) is 7.54. The number of carbonyl (C=O) groups excluding carboxylic acids is 1. The van der Waals surface area contributed by atoms with Gasteiger partial charge in [0.05, 0.1) is 22.9 Å². The molecule has 6 rings (SSSR count). The molecule has 0 radical (unpaired) electrons. The number of ether oxygens (including phenoxy) is 1. The Kier molecular flexibility index (Phi) is 6.86. The second kappa shape index (κ2) is 10.4. The van der Waals surface area contributed by atoms with Crippen molar-refractivity contribution in [1.82, 2.24) is 24.5 Å². The van der Waals surface area contributed by atoms with E-state index in [1.807, 2.05) is 23.1 Å². The number of carbonyl (C=O) groups is 1. The second-order valence-electron chi connectivity index (χ2n) is 9.87. The maximum atomic E-state index is 13.7. The maximum Gasteiger partial charge on any atom is 0.416 e. The Bertz CT molecular complexity index is 1730. The molecule has 0 aliphatic carbocycles. The third-order valence-electron chi connectivity index (χ3n) is 7.23. The van der Waals surface area contributed by atoms with Crippen molar-refractivity contribution in [3.8, 4) is 17.1 Å². The van der Waals surface area contributed by atoms with E-state index in [1.165, 1.54) is 4.52 Å². The first-order chi connectivity index (χ1) is 19.6. The van der Waals surface area contributed by atoms with E-state index in [2.05, 4.69) is 20.7 Å².